The van der Waals surface area contributed by atoms with Crippen LogP contribution in [-0.4, -0.2) is 43.2 Å². The number of methoxy groups -OCH3 is 1. The first-order chi connectivity index (χ1) is 11.8. The molecule has 1 fully saturated rings. The van der Waals surface area contributed by atoms with Crippen molar-refractivity contribution in [3.8, 4) is 23.3 Å². The number of nitrogens with zero attached hydrogens (tertiary/aromatic N) is 3. The molecule has 0 saturated carbocycles. The van der Waals surface area contributed by atoms with E-state index in [4.69, 9.17) is 9.15 Å². The number of aromatic nitrogens is 1. The highest BCUT2D eigenvalue weighted by Gasteiger charge is 2.17. The van der Waals surface area contributed by atoms with Gasteiger partial charge in [-0.1, -0.05) is 18.6 Å². The minimum absolute atomic E-state index is 0.273. The van der Waals surface area contributed by atoms with E-state index in [0.717, 1.165) is 31.7 Å². The number of piperidine rings is 1. The Kier molecular flexibility index (Phi) is 5.34. The van der Waals surface area contributed by atoms with E-state index in [1.54, 1.807) is 7.11 Å². The number of likely N-dealkylation sites (tertiary alicyclic amines) is 1. The molecule has 0 amide bonds. The normalized spacial score (nSPS) is 15.0. The zero-order valence-electron chi connectivity index (χ0n) is 13.9. The maximum Gasteiger partial charge on any atom is 0.233 e. The van der Waals surface area contributed by atoms with Crippen LogP contribution in [0.4, 0.5) is 5.88 Å². The first-order valence-corrected chi connectivity index (χ1v) is 8.32. The molecule has 24 heavy (non-hydrogen) atoms. The Morgan fingerprint density at radius 3 is 2.83 bits per heavy atom. The maximum absolute atomic E-state index is 9.30. The van der Waals surface area contributed by atoms with Gasteiger partial charge in [0.15, 0.2) is 0 Å². The Balaban J connectivity index is 1.70. The zero-order chi connectivity index (χ0) is 16.8. The van der Waals surface area contributed by atoms with Gasteiger partial charge in [0.05, 0.1) is 12.7 Å². The summed E-state index contributed by atoms with van der Waals surface area (Å²) in [6.45, 7) is 3.97. The third kappa shape index (κ3) is 3.69. The molecule has 0 aliphatic carbocycles. The summed E-state index contributed by atoms with van der Waals surface area (Å²) in [6, 6.07) is 9.57. The maximum atomic E-state index is 9.30. The minimum Gasteiger partial charge on any atom is -0.496 e. The largest absolute Gasteiger partial charge is 0.496 e. The van der Waals surface area contributed by atoms with Gasteiger partial charge in [-0.05, 0) is 38.1 Å². The highest BCUT2D eigenvalue weighted by atomic mass is 16.5. The van der Waals surface area contributed by atoms with E-state index in [2.05, 4.69) is 21.3 Å². The highest BCUT2D eigenvalue weighted by molar-refractivity contribution is 5.65. The summed E-state index contributed by atoms with van der Waals surface area (Å²) in [6.07, 6.45) is 3.86. The van der Waals surface area contributed by atoms with Crippen LogP contribution in [0.3, 0.4) is 0 Å². The number of para-hydroxylation sites is 1. The van der Waals surface area contributed by atoms with Crippen LogP contribution in [-0.2, 0) is 0 Å². The predicted octanol–water partition coefficient (Wildman–Crippen LogP) is 3.12. The van der Waals surface area contributed by atoms with Crippen LogP contribution in [0.1, 0.15) is 25.0 Å². The van der Waals surface area contributed by atoms with Crippen LogP contribution >= 0.6 is 0 Å². The summed E-state index contributed by atoms with van der Waals surface area (Å²) in [4.78, 5) is 6.72. The Hall–Kier alpha value is -2.52. The summed E-state index contributed by atoms with van der Waals surface area (Å²) >= 11 is 0. The van der Waals surface area contributed by atoms with Crippen LogP contribution in [0.2, 0.25) is 0 Å². The monoisotopic (exact) mass is 326 g/mol. The molecule has 0 bridgehead atoms. The van der Waals surface area contributed by atoms with Crippen LogP contribution in [0.25, 0.3) is 11.5 Å². The van der Waals surface area contributed by atoms with Gasteiger partial charge in [0.2, 0.25) is 17.5 Å². The number of nitrogens with one attached hydrogen (secondary N) is 1. The van der Waals surface area contributed by atoms with Crippen molar-refractivity contribution >= 4 is 5.88 Å². The van der Waals surface area contributed by atoms with Crippen molar-refractivity contribution in [2.45, 2.75) is 19.3 Å². The Morgan fingerprint density at radius 2 is 2.08 bits per heavy atom. The molecule has 2 aromatic rings. The van der Waals surface area contributed by atoms with Gasteiger partial charge in [0.25, 0.3) is 0 Å². The number of hydrogen-bond donors (Lipinski definition) is 1. The summed E-state index contributed by atoms with van der Waals surface area (Å²) in [5.41, 5.74) is 1.01. The molecule has 1 aromatic heterocycles. The van der Waals surface area contributed by atoms with Gasteiger partial charge in [-0.25, -0.2) is 0 Å². The third-order valence-electron chi connectivity index (χ3n) is 4.23. The first-order valence-electron chi connectivity index (χ1n) is 8.32. The number of ether oxygens (including phenoxy) is 1. The number of hydrogen-bond acceptors (Lipinski definition) is 6. The van der Waals surface area contributed by atoms with Crippen molar-refractivity contribution in [3.05, 3.63) is 30.0 Å². The SMILES string of the molecule is COc1ccccc1-c1nc(C#N)c(NCCN2CCCCC2)o1. The highest BCUT2D eigenvalue weighted by Crippen LogP contribution is 2.31. The lowest BCUT2D eigenvalue weighted by Crippen LogP contribution is -2.33. The molecule has 0 radical (unpaired) electrons. The van der Waals surface area contributed by atoms with Crippen molar-refractivity contribution < 1.29 is 9.15 Å². The fraction of sp³-hybridized carbons (Fsp3) is 0.444. The fourth-order valence-electron chi connectivity index (χ4n) is 2.96. The molecule has 126 valence electrons. The number of rotatable bonds is 6. The summed E-state index contributed by atoms with van der Waals surface area (Å²) in [5, 5.41) is 12.5. The number of oxazole rings is 1. The van der Waals surface area contributed by atoms with E-state index >= 15 is 0 Å². The molecule has 1 saturated heterocycles. The number of benzene rings is 1. The second-order valence-electron chi connectivity index (χ2n) is 5.84. The topological polar surface area (TPSA) is 74.3 Å². The molecule has 1 aliphatic heterocycles. The summed E-state index contributed by atoms with van der Waals surface area (Å²) < 4.78 is 11.1. The van der Waals surface area contributed by atoms with Crippen molar-refractivity contribution in [1.82, 2.24) is 9.88 Å². The van der Waals surface area contributed by atoms with Crippen LogP contribution in [0.15, 0.2) is 28.7 Å². The average molecular weight is 326 g/mol. The first kappa shape index (κ1) is 16.3. The van der Waals surface area contributed by atoms with Gasteiger partial charge in [-0.15, -0.1) is 0 Å². The second kappa shape index (κ2) is 7.84. The summed E-state index contributed by atoms with van der Waals surface area (Å²) in [5.74, 6) is 1.49. The van der Waals surface area contributed by atoms with E-state index < -0.39 is 0 Å². The molecular weight excluding hydrogens is 304 g/mol. The molecule has 3 rings (SSSR count). The minimum atomic E-state index is 0.273. The van der Waals surface area contributed by atoms with Gasteiger partial charge in [-0.3, -0.25) is 0 Å². The summed E-state index contributed by atoms with van der Waals surface area (Å²) in [7, 11) is 1.60. The third-order valence-corrected chi connectivity index (χ3v) is 4.23. The second-order valence-corrected chi connectivity index (χ2v) is 5.84. The molecular formula is C18H22N4O2. The van der Waals surface area contributed by atoms with E-state index in [-0.39, 0.29) is 5.69 Å². The molecule has 1 aromatic carbocycles. The van der Waals surface area contributed by atoms with Gasteiger partial charge in [0, 0.05) is 13.1 Å². The predicted molar refractivity (Wildman–Crippen MR) is 92.0 cm³/mol. The van der Waals surface area contributed by atoms with Crippen LogP contribution in [0.5, 0.6) is 5.75 Å². The average Bonchev–Trinajstić information content (AvgIpc) is 3.05. The van der Waals surface area contributed by atoms with Crippen molar-refractivity contribution in [3.63, 3.8) is 0 Å². The Bertz CT molecular complexity index is 714. The van der Waals surface area contributed by atoms with E-state index in [1.807, 2.05) is 24.3 Å². The van der Waals surface area contributed by atoms with E-state index in [0.29, 0.717) is 17.5 Å². The molecule has 6 heteroatoms. The Morgan fingerprint density at radius 1 is 1.29 bits per heavy atom. The van der Waals surface area contributed by atoms with Gasteiger partial charge < -0.3 is 19.4 Å². The molecule has 1 aliphatic rings. The van der Waals surface area contributed by atoms with E-state index in [1.165, 1.54) is 19.3 Å². The molecule has 0 atom stereocenters. The Labute approximate surface area is 142 Å². The van der Waals surface area contributed by atoms with Crippen LogP contribution < -0.4 is 10.1 Å². The quantitative estimate of drug-likeness (QED) is 0.879. The lowest BCUT2D eigenvalue weighted by atomic mass is 10.1. The van der Waals surface area contributed by atoms with Gasteiger partial charge >= 0.3 is 0 Å². The van der Waals surface area contributed by atoms with Crippen molar-refractivity contribution in [1.29, 1.82) is 5.26 Å². The van der Waals surface area contributed by atoms with Gasteiger partial charge in [0.1, 0.15) is 11.8 Å². The van der Waals surface area contributed by atoms with E-state index in [9.17, 15) is 5.26 Å². The lowest BCUT2D eigenvalue weighted by Gasteiger charge is -2.26. The molecule has 1 N–H and O–H groups in total. The lowest BCUT2D eigenvalue weighted by molar-refractivity contribution is 0.236. The van der Waals surface area contributed by atoms with Gasteiger partial charge in [-0.2, -0.15) is 10.2 Å². The standard InChI is InChI=1S/C18H22N4O2/c1-23-16-8-4-3-7-14(16)17-21-15(13-19)18(24-17)20-9-12-22-10-5-2-6-11-22/h3-4,7-8,20H,2,5-6,9-12H2,1H3. The molecule has 0 spiro atoms. The molecule has 2 heterocycles. The van der Waals surface area contributed by atoms with Crippen molar-refractivity contribution in [2.75, 3.05) is 38.6 Å². The number of nitriles is 1. The smallest absolute Gasteiger partial charge is 0.233 e. The van der Waals surface area contributed by atoms with Crippen molar-refractivity contribution in [2.24, 2.45) is 0 Å². The van der Waals surface area contributed by atoms with Crippen LogP contribution in [0, 0.1) is 11.3 Å². The fourth-order valence-corrected chi connectivity index (χ4v) is 2.96. The zero-order valence-corrected chi connectivity index (χ0v) is 13.9. The molecule has 0 unspecified atom stereocenters. The molecule has 6 nitrogen and oxygen atoms in total. The number of anilines is 1.